The third kappa shape index (κ3) is 2.72. The third-order valence-electron chi connectivity index (χ3n) is 2.52. The summed E-state index contributed by atoms with van der Waals surface area (Å²) < 4.78 is 13.6. The Morgan fingerprint density at radius 3 is 2.65 bits per heavy atom. The van der Waals surface area contributed by atoms with Gasteiger partial charge in [-0.25, -0.2) is 9.18 Å². The molecule has 1 amide bonds. The zero-order valence-corrected chi connectivity index (χ0v) is 10.0. The van der Waals surface area contributed by atoms with Crippen LogP contribution in [0.15, 0.2) is 41.3 Å². The zero-order valence-electron chi connectivity index (χ0n) is 10.0. The number of carboxylic acid groups (broad SMARTS) is 1. The number of pyridine rings is 1. The van der Waals surface area contributed by atoms with Crippen LogP contribution in [0, 0.1) is 5.82 Å². The Hall–Kier alpha value is -2.96. The van der Waals surface area contributed by atoms with E-state index >= 15 is 0 Å². The first-order valence-corrected chi connectivity index (χ1v) is 5.51. The van der Waals surface area contributed by atoms with Crippen molar-refractivity contribution in [3.63, 3.8) is 0 Å². The fourth-order valence-electron chi connectivity index (χ4n) is 1.60. The number of anilines is 1. The van der Waals surface area contributed by atoms with Crippen LogP contribution in [-0.2, 0) is 0 Å². The van der Waals surface area contributed by atoms with Gasteiger partial charge >= 0.3 is 5.97 Å². The SMILES string of the molecule is O=C(Nc1c(F)cccc1C(=O)O)c1cc[nH]c(=O)c1. The minimum absolute atomic E-state index is 0.00616. The van der Waals surface area contributed by atoms with Crippen molar-refractivity contribution in [1.29, 1.82) is 0 Å². The highest BCUT2D eigenvalue weighted by Gasteiger charge is 2.17. The molecule has 1 heterocycles. The summed E-state index contributed by atoms with van der Waals surface area (Å²) >= 11 is 0. The molecule has 1 aromatic carbocycles. The fraction of sp³-hybridized carbons (Fsp3) is 0. The molecule has 2 aromatic rings. The van der Waals surface area contributed by atoms with Crippen molar-refractivity contribution in [3.05, 3.63) is 63.8 Å². The first kappa shape index (κ1) is 13.5. The van der Waals surface area contributed by atoms with Gasteiger partial charge in [-0.2, -0.15) is 0 Å². The molecule has 0 aliphatic carbocycles. The Balaban J connectivity index is 2.37. The van der Waals surface area contributed by atoms with E-state index in [4.69, 9.17) is 5.11 Å². The van der Waals surface area contributed by atoms with Crippen molar-refractivity contribution < 1.29 is 19.1 Å². The van der Waals surface area contributed by atoms with Crippen molar-refractivity contribution in [2.45, 2.75) is 0 Å². The second kappa shape index (κ2) is 5.35. The van der Waals surface area contributed by atoms with E-state index in [-0.39, 0.29) is 11.1 Å². The topological polar surface area (TPSA) is 99.3 Å². The molecule has 0 aliphatic heterocycles. The van der Waals surface area contributed by atoms with Crippen molar-refractivity contribution in [3.8, 4) is 0 Å². The van der Waals surface area contributed by atoms with Crippen LogP contribution in [0.5, 0.6) is 0 Å². The molecule has 0 saturated carbocycles. The summed E-state index contributed by atoms with van der Waals surface area (Å²) in [4.78, 5) is 36.3. The molecule has 0 unspecified atom stereocenters. The van der Waals surface area contributed by atoms with E-state index in [9.17, 15) is 18.8 Å². The molecular formula is C13H9FN2O4. The molecule has 3 N–H and O–H groups in total. The number of rotatable bonds is 3. The molecule has 0 aliphatic rings. The van der Waals surface area contributed by atoms with Gasteiger partial charge in [-0.15, -0.1) is 0 Å². The molecular weight excluding hydrogens is 267 g/mol. The monoisotopic (exact) mass is 276 g/mol. The van der Waals surface area contributed by atoms with Gasteiger partial charge in [-0.1, -0.05) is 6.07 Å². The van der Waals surface area contributed by atoms with E-state index in [1.165, 1.54) is 24.4 Å². The van der Waals surface area contributed by atoms with Gasteiger partial charge in [0, 0.05) is 17.8 Å². The van der Waals surface area contributed by atoms with E-state index in [0.717, 1.165) is 12.1 Å². The molecule has 1 aromatic heterocycles. The summed E-state index contributed by atoms with van der Waals surface area (Å²) in [6.45, 7) is 0. The number of para-hydroxylation sites is 1. The average molecular weight is 276 g/mol. The number of carbonyl (C=O) groups excluding carboxylic acids is 1. The van der Waals surface area contributed by atoms with E-state index in [0.29, 0.717) is 0 Å². The molecule has 7 heteroatoms. The van der Waals surface area contributed by atoms with Crippen LogP contribution < -0.4 is 10.9 Å². The van der Waals surface area contributed by atoms with Crippen LogP contribution in [0.25, 0.3) is 0 Å². The smallest absolute Gasteiger partial charge is 0.337 e. The van der Waals surface area contributed by atoms with Crippen LogP contribution >= 0.6 is 0 Å². The second-order valence-electron chi connectivity index (χ2n) is 3.86. The highest BCUT2D eigenvalue weighted by atomic mass is 19.1. The number of amides is 1. The first-order valence-electron chi connectivity index (χ1n) is 5.51. The van der Waals surface area contributed by atoms with E-state index in [1.54, 1.807) is 0 Å². The lowest BCUT2D eigenvalue weighted by Crippen LogP contribution is -2.18. The predicted octanol–water partition coefficient (Wildman–Crippen LogP) is 1.46. The van der Waals surface area contributed by atoms with Gasteiger partial charge in [0.1, 0.15) is 5.82 Å². The van der Waals surface area contributed by atoms with Gasteiger partial charge in [-0.05, 0) is 18.2 Å². The number of hydrogen-bond donors (Lipinski definition) is 3. The number of aromatic amines is 1. The molecule has 20 heavy (non-hydrogen) atoms. The molecule has 102 valence electrons. The largest absolute Gasteiger partial charge is 0.478 e. The minimum atomic E-state index is -1.37. The van der Waals surface area contributed by atoms with Crippen molar-refractivity contribution in [2.75, 3.05) is 5.32 Å². The van der Waals surface area contributed by atoms with Crippen LogP contribution in [-0.4, -0.2) is 22.0 Å². The van der Waals surface area contributed by atoms with Crippen LogP contribution in [0.3, 0.4) is 0 Å². The molecule has 0 radical (unpaired) electrons. The Labute approximate surface area is 111 Å². The summed E-state index contributed by atoms with van der Waals surface area (Å²) in [7, 11) is 0. The molecule has 0 atom stereocenters. The summed E-state index contributed by atoms with van der Waals surface area (Å²) in [6, 6.07) is 5.76. The zero-order chi connectivity index (χ0) is 14.7. The lowest BCUT2D eigenvalue weighted by Gasteiger charge is -2.09. The van der Waals surface area contributed by atoms with Gasteiger partial charge in [0.15, 0.2) is 0 Å². The Morgan fingerprint density at radius 1 is 1.25 bits per heavy atom. The van der Waals surface area contributed by atoms with Gasteiger partial charge in [0.2, 0.25) is 5.56 Å². The van der Waals surface area contributed by atoms with Crippen LogP contribution in [0.4, 0.5) is 10.1 Å². The first-order chi connectivity index (χ1) is 9.49. The number of aromatic nitrogens is 1. The average Bonchev–Trinajstić information content (AvgIpc) is 2.40. The molecule has 6 nitrogen and oxygen atoms in total. The number of benzene rings is 1. The molecule has 0 saturated heterocycles. The number of H-pyrrole nitrogens is 1. The molecule has 0 bridgehead atoms. The standard InChI is InChI=1S/C13H9FN2O4/c14-9-3-1-2-8(13(19)20)11(9)16-12(18)7-4-5-15-10(17)6-7/h1-6H,(H,15,17)(H,16,18)(H,19,20). The van der Waals surface area contributed by atoms with Crippen molar-refractivity contribution in [1.82, 2.24) is 4.98 Å². The number of carboxylic acids is 1. The lowest BCUT2D eigenvalue weighted by molar-refractivity contribution is 0.0697. The van der Waals surface area contributed by atoms with Gasteiger partial charge in [0.05, 0.1) is 11.3 Å². The Morgan fingerprint density at radius 2 is 2.00 bits per heavy atom. The maximum atomic E-state index is 13.6. The highest BCUT2D eigenvalue weighted by Crippen LogP contribution is 2.20. The number of carbonyl (C=O) groups is 2. The van der Waals surface area contributed by atoms with Gasteiger partial charge < -0.3 is 15.4 Å². The Bertz CT molecular complexity index is 739. The fourth-order valence-corrected chi connectivity index (χ4v) is 1.60. The quantitative estimate of drug-likeness (QED) is 0.790. The predicted molar refractivity (Wildman–Crippen MR) is 68.4 cm³/mol. The third-order valence-corrected chi connectivity index (χ3v) is 2.52. The summed E-state index contributed by atoms with van der Waals surface area (Å²) in [5, 5.41) is 11.1. The van der Waals surface area contributed by atoms with Gasteiger partial charge in [0.25, 0.3) is 5.91 Å². The maximum absolute atomic E-state index is 13.6. The molecule has 2 rings (SSSR count). The van der Waals surface area contributed by atoms with Crippen LogP contribution in [0.1, 0.15) is 20.7 Å². The van der Waals surface area contributed by atoms with E-state index in [2.05, 4.69) is 10.3 Å². The van der Waals surface area contributed by atoms with Crippen molar-refractivity contribution >= 4 is 17.6 Å². The van der Waals surface area contributed by atoms with E-state index < -0.39 is 28.9 Å². The van der Waals surface area contributed by atoms with Gasteiger partial charge in [-0.3, -0.25) is 9.59 Å². The maximum Gasteiger partial charge on any atom is 0.337 e. The van der Waals surface area contributed by atoms with Crippen molar-refractivity contribution in [2.24, 2.45) is 0 Å². The van der Waals surface area contributed by atoms with Crippen LogP contribution in [0.2, 0.25) is 0 Å². The lowest BCUT2D eigenvalue weighted by atomic mass is 10.1. The summed E-state index contributed by atoms with van der Waals surface area (Å²) in [5.41, 5.74) is -1.31. The normalized spacial score (nSPS) is 10.1. The Kier molecular flexibility index (Phi) is 3.60. The molecule has 0 spiro atoms. The summed E-state index contributed by atoms with van der Waals surface area (Å²) in [5.74, 6) is -3.02. The van der Waals surface area contributed by atoms with E-state index in [1.807, 2.05) is 0 Å². The number of halogens is 1. The number of hydrogen-bond acceptors (Lipinski definition) is 3. The summed E-state index contributed by atoms with van der Waals surface area (Å²) in [6.07, 6.45) is 1.26. The highest BCUT2D eigenvalue weighted by molar-refractivity contribution is 6.07. The second-order valence-corrected chi connectivity index (χ2v) is 3.86. The number of nitrogens with one attached hydrogen (secondary N) is 2. The number of aromatic carboxylic acids is 1. The molecule has 0 fully saturated rings. The minimum Gasteiger partial charge on any atom is -0.478 e.